The highest BCUT2D eigenvalue weighted by atomic mass is 16.7. The van der Waals surface area contributed by atoms with E-state index in [9.17, 15) is 4.79 Å². The zero-order chi connectivity index (χ0) is 19.0. The normalized spacial score (nSPS) is 18.1. The van der Waals surface area contributed by atoms with Gasteiger partial charge in [0.05, 0.1) is 19.8 Å². The average Bonchev–Trinajstić information content (AvgIpc) is 3.15. The molecule has 0 saturated heterocycles. The lowest BCUT2D eigenvalue weighted by Crippen LogP contribution is -2.33. The van der Waals surface area contributed by atoms with Crippen molar-refractivity contribution in [1.82, 2.24) is 4.90 Å². The van der Waals surface area contributed by atoms with Gasteiger partial charge in [0, 0.05) is 12.6 Å². The summed E-state index contributed by atoms with van der Waals surface area (Å²) < 4.78 is 21.9. The molecule has 0 saturated carbocycles. The van der Waals surface area contributed by atoms with E-state index in [1.165, 1.54) is 11.1 Å². The summed E-state index contributed by atoms with van der Waals surface area (Å²) >= 11 is 0. The van der Waals surface area contributed by atoms with E-state index in [1.54, 1.807) is 14.2 Å². The third-order valence-corrected chi connectivity index (χ3v) is 5.46. The van der Waals surface area contributed by atoms with Crippen molar-refractivity contribution in [1.29, 1.82) is 0 Å². The molecule has 0 N–H and O–H groups in total. The van der Waals surface area contributed by atoms with Gasteiger partial charge in [0.1, 0.15) is 0 Å². The van der Waals surface area contributed by atoms with Crippen LogP contribution in [0.15, 0.2) is 24.3 Å². The Bertz CT molecular complexity index is 879. The van der Waals surface area contributed by atoms with E-state index < -0.39 is 0 Å². The molecule has 0 fully saturated rings. The molecule has 0 bridgehead atoms. The molecule has 2 aliphatic rings. The first-order chi connectivity index (χ1) is 13.2. The molecule has 0 aliphatic carbocycles. The van der Waals surface area contributed by atoms with Crippen molar-refractivity contribution in [3.63, 3.8) is 0 Å². The first-order valence-electron chi connectivity index (χ1n) is 8.98. The zero-order valence-electron chi connectivity index (χ0n) is 15.8. The number of aldehydes is 1. The van der Waals surface area contributed by atoms with E-state index in [-0.39, 0.29) is 12.8 Å². The maximum atomic E-state index is 11.8. The second-order valence-electron chi connectivity index (χ2n) is 6.85. The fraction of sp³-hybridized carbons (Fsp3) is 0.381. The Morgan fingerprint density at radius 1 is 1.19 bits per heavy atom. The van der Waals surface area contributed by atoms with E-state index >= 15 is 0 Å². The van der Waals surface area contributed by atoms with Gasteiger partial charge < -0.3 is 18.9 Å². The van der Waals surface area contributed by atoms with Gasteiger partial charge in [-0.3, -0.25) is 9.69 Å². The summed E-state index contributed by atoms with van der Waals surface area (Å²) in [4.78, 5) is 14.1. The average molecular weight is 369 g/mol. The van der Waals surface area contributed by atoms with Gasteiger partial charge in [-0.15, -0.1) is 0 Å². The molecule has 142 valence electrons. The van der Waals surface area contributed by atoms with Gasteiger partial charge in [-0.25, -0.2) is 0 Å². The van der Waals surface area contributed by atoms with E-state index in [1.807, 2.05) is 12.1 Å². The van der Waals surface area contributed by atoms with Gasteiger partial charge in [0.25, 0.3) is 0 Å². The van der Waals surface area contributed by atoms with Crippen molar-refractivity contribution < 1.29 is 23.7 Å². The van der Waals surface area contributed by atoms with Gasteiger partial charge in [-0.1, -0.05) is 6.07 Å². The largest absolute Gasteiger partial charge is 0.493 e. The van der Waals surface area contributed by atoms with Crippen LogP contribution in [0.2, 0.25) is 0 Å². The second kappa shape index (κ2) is 7.12. The number of carbonyl (C=O) groups excluding carboxylic acids is 1. The molecular formula is C21H23NO5. The first kappa shape index (κ1) is 17.7. The van der Waals surface area contributed by atoms with Crippen LogP contribution < -0.4 is 18.9 Å². The number of ether oxygens (including phenoxy) is 4. The fourth-order valence-corrected chi connectivity index (χ4v) is 3.99. The fourth-order valence-electron chi connectivity index (χ4n) is 3.99. The molecule has 0 aromatic heterocycles. The summed E-state index contributed by atoms with van der Waals surface area (Å²) in [6.45, 7) is 1.21. The van der Waals surface area contributed by atoms with Crippen LogP contribution in [0.4, 0.5) is 0 Å². The quantitative estimate of drug-likeness (QED) is 0.755. The lowest BCUT2D eigenvalue weighted by Gasteiger charge is -2.35. The van der Waals surface area contributed by atoms with Gasteiger partial charge in [0.15, 0.2) is 29.3 Å². The number of nitrogens with zero attached hydrogens (tertiary/aromatic N) is 1. The van der Waals surface area contributed by atoms with Crippen LogP contribution in [0.25, 0.3) is 0 Å². The predicted octanol–water partition coefficient (Wildman–Crippen LogP) is 3.02. The molecule has 6 heteroatoms. The van der Waals surface area contributed by atoms with E-state index in [2.05, 4.69) is 24.1 Å². The summed E-state index contributed by atoms with van der Waals surface area (Å²) in [6.07, 6.45) is 2.50. The Balaban J connectivity index is 1.74. The second-order valence-corrected chi connectivity index (χ2v) is 6.85. The molecule has 1 atom stereocenters. The number of hydrogen-bond donors (Lipinski definition) is 0. The number of methoxy groups -OCH3 is 2. The smallest absolute Gasteiger partial charge is 0.231 e. The van der Waals surface area contributed by atoms with Crippen LogP contribution in [0, 0.1) is 0 Å². The van der Waals surface area contributed by atoms with Crippen molar-refractivity contribution in [3.8, 4) is 23.0 Å². The number of rotatable bonds is 5. The van der Waals surface area contributed by atoms with Crippen LogP contribution in [0.5, 0.6) is 23.0 Å². The molecule has 2 aromatic carbocycles. The van der Waals surface area contributed by atoms with Crippen LogP contribution in [0.3, 0.4) is 0 Å². The summed E-state index contributed by atoms with van der Waals surface area (Å²) in [5.41, 5.74) is 3.97. The Morgan fingerprint density at radius 3 is 2.67 bits per heavy atom. The van der Waals surface area contributed by atoms with Crippen molar-refractivity contribution in [2.24, 2.45) is 0 Å². The van der Waals surface area contributed by atoms with Crippen molar-refractivity contribution in [3.05, 3.63) is 46.5 Å². The number of fused-ring (bicyclic) bond motifs is 2. The van der Waals surface area contributed by atoms with Crippen LogP contribution >= 0.6 is 0 Å². The molecule has 0 radical (unpaired) electrons. The molecular weight excluding hydrogens is 346 g/mol. The number of carbonyl (C=O) groups is 1. The standard InChI is InChI=1S/C21H23NO5/c1-22-7-6-14-9-19-20(27-12-26-19)10-15(14)17(22)8-13-4-5-18(24-2)21(25-3)16(13)11-23/h4-5,9-11,17H,6-8,12H2,1-3H3/t17-/m0/s1. The van der Waals surface area contributed by atoms with E-state index in [0.29, 0.717) is 23.5 Å². The Hall–Kier alpha value is -2.73. The SMILES string of the molecule is COc1ccc(C[C@H]2c3cc4c(cc3CCN2C)OCO4)c(C=O)c1OC. The highest BCUT2D eigenvalue weighted by molar-refractivity contribution is 5.83. The van der Waals surface area contributed by atoms with Crippen LogP contribution in [-0.4, -0.2) is 45.8 Å². The molecule has 0 unspecified atom stereocenters. The highest BCUT2D eigenvalue weighted by Gasteiger charge is 2.29. The summed E-state index contributed by atoms with van der Waals surface area (Å²) in [5, 5.41) is 0. The third-order valence-electron chi connectivity index (χ3n) is 5.46. The monoisotopic (exact) mass is 369 g/mol. The molecule has 2 aromatic rings. The molecule has 2 aliphatic heterocycles. The lowest BCUT2D eigenvalue weighted by molar-refractivity contribution is 0.111. The Kier molecular flexibility index (Phi) is 4.66. The molecule has 0 spiro atoms. The minimum atomic E-state index is 0.139. The van der Waals surface area contributed by atoms with Crippen LogP contribution in [-0.2, 0) is 12.8 Å². The Labute approximate surface area is 158 Å². The summed E-state index contributed by atoms with van der Waals surface area (Å²) in [5.74, 6) is 2.65. The first-order valence-corrected chi connectivity index (χ1v) is 8.98. The van der Waals surface area contributed by atoms with Gasteiger partial charge in [-0.2, -0.15) is 0 Å². The zero-order valence-corrected chi connectivity index (χ0v) is 15.8. The molecule has 0 amide bonds. The van der Waals surface area contributed by atoms with Crippen molar-refractivity contribution in [2.75, 3.05) is 34.6 Å². The molecule has 27 heavy (non-hydrogen) atoms. The topological polar surface area (TPSA) is 57.2 Å². The minimum Gasteiger partial charge on any atom is -0.493 e. The molecule has 2 heterocycles. The van der Waals surface area contributed by atoms with Crippen LogP contribution in [0.1, 0.15) is 33.1 Å². The molecule has 4 rings (SSSR count). The Morgan fingerprint density at radius 2 is 1.96 bits per heavy atom. The predicted molar refractivity (Wildman–Crippen MR) is 100 cm³/mol. The van der Waals surface area contributed by atoms with Crippen molar-refractivity contribution in [2.45, 2.75) is 18.9 Å². The highest BCUT2D eigenvalue weighted by Crippen LogP contribution is 2.42. The third kappa shape index (κ3) is 3.00. The van der Waals surface area contributed by atoms with Gasteiger partial charge in [0.2, 0.25) is 6.79 Å². The minimum absolute atomic E-state index is 0.139. The number of hydrogen-bond acceptors (Lipinski definition) is 6. The number of likely N-dealkylation sites (N-methyl/N-ethyl adjacent to an activating group) is 1. The molecule has 6 nitrogen and oxygen atoms in total. The van der Waals surface area contributed by atoms with E-state index in [0.717, 1.165) is 36.3 Å². The maximum absolute atomic E-state index is 11.8. The van der Waals surface area contributed by atoms with E-state index in [4.69, 9.17) is 18.9 Å². The van der Waals surface area contributed by atoms with Gasteiger partial charge in [-0.05, 0) is 54.8 Å². The summed E-state index contributed by atoms with van der Waals surface area (Å²) in [7, 11) is 5.23. The lowest BCUT2D eigenvalue weighted by atomic mass is 9.87. The summed E-state index contributed by atoms with van der Waals surface area (Å²) in [6, 6.07) is 8.11. The van der Waals surface area contributed by atoms with Crippen molar-refractivity contribution >= 4 is 6.29 Å². The van der Waals surface area contributed by atoms with Gasteiger partial charge >= 0.3 is 0 Å². The number of benzene rings is 2. The maximum Gasteiger partial charge on any atom is 0.231 e.